The number of nitrogens with zero attached hydrogens (tertiary/aromatic N) is 1. The quantitative estimate of drug-likeness (QED) is 0.582. The molecule has 0 bridgehead atoms. The Kier molecular flexibility index (Phi) is 6.42. The van der Waals surface area contributed by atoms with Crippen LogP contribution in [0.2, 0.25) is 0 Å². The van der Waals surface area contributed by atoms with E-state index in [4.69, 9.17) is 4.52 Å². The lowest BCUT2D eigenvalue weighted by Gasteiger charge is -2.19. The molecule has 0 aliphatic heterocycles. The fourth-order valence-corrected chi connectivity index (χ4v) is 3.72. The highest BCUT2D eigenvalue weighted by molar-refractivity contribution is 7.10. The summed E-state index contributed by atoms with van der Waals surface area (Å²) in [4.78, 5) is 13.4. The lowest BCUT2D eigenvalue weighted by atomic mass is 9.95. The maximum absolute atomic E-state index is 12.3. The summed E-state index contributed by atoms with van der Waals surface area (Å²) in [6.07, 6.45) is 1.12. The zero-order chi connectivity index (χ0) is 19.2. The summed E-state index contributed by atoms with van der Waals surface area (Å²) < 4.78 is 4.98. The van der Waals surface area contributed by atoms with Crippen LogP contribution >= 0.6 is 11.3 Å². The molecule has 142 valence electrons. The largest absolute Gasteiger partial charge is 0.360 e. The van der Waals surface area contributed by atoms with Gasteiger partial charge in [0.1, 0.15) is 5.76 Å². The van der Waals surface area contributed by atoms with E-state index in [1.165, 1.54) is 10.4 Å². The van der Waals surface area contributed by atoms with E-state index in [9.17, 15) is 4.79 Å². The number of hydrogen-bond acceptors (Lipinski definition) is 5. The van der Waals surface area contributed by atoms with Gasteiger partial charge in [-0.3, -0.25) is 10.1 Å². The van der Waals surface area contributed by atoms with Crippen molar-refractivity contribution in [1.82, 2.24) is 10.5 Å². The second-order valence-corrected chi connectivity index (χ2v) is 7.66. The van der Waals surface area contributed by atoms with Crippen LogP contribution in [-0.4, -0.2) is 17.6 Å². The number of aromatic nitrogens is 1. The summed E-state index contributed by atoms with van der Waals surface area (Å²) in [6.45, 7) is 6.40. The molecular formula is C21H25N3O2S. The third-order valence-electron chi connectivity index (χ3n) is 4.64. The van der Waals surface area contributed by atoms with Gasteiger partial charge in [-0.2, -0.15) is 0 Å². The summed E-state index contributed by atoms with van der Waals surface area (Å²) in [5, 5.41) is 12.0. The summed E-state index contributed by atoms with van der Waals surface area (Å²) >= 11 is 1.68. The minimum absolute atomic E-state index is 0.0271. The number of nitrogens with one attached hydrogen (secondary N) is 2. The highest BCUT2D eigenvalue weighted by Gasteiger charge is 2.17. The Morgan fingerprint density at radius 3 is 2.56 bits per heavy atom. The Labute approximate surface area is 163 Å². The summed E-state index contributed by atoms with van der Waals surface area (Å²) in [5.74, 6) is 1.49. The summed E-state index contributed by atoms with van der Waals surface area (Å²) in [6, 6.07) is 14.5. The number of anilines is 1. The average Bonchev–Trinajstić information content (AvgIpc) is 3.34. The smallest absolute Gasteiger partial charge is 0.239 e. The summed E-state index contributed by atoms with van der Waals surface area (Å²) in [5.41, 5.74) is 2.49. The van der Waals surface area contributed by atoms with Crippen LogP contribution in [0.25, 0.3) is 0 Å². The molecule has 0 radical (unpaired) electrons. The van der Waals surface area contributed by atoms with E-state index in [1.54, 1.807) is 24.3 Å². The molecule has 2 heterocycles. The number of rotatable bonds is 8. The number of aryl methyl sites for hydroxylation is 1. The Balaban J connectivity index is 1.69. The fraction of sp³-hybridized carbons (Fsp3) is 0.333. The highest BCUT2D eigenvalue weighted by atomic mass is 32.1. The molecule has 3 aromatic rings. The van der Waals surface area contributed by atoms with Crippen LogP contribution in [0.5, 0.6) is 0 Å². The molecule has 27 heavy (non-hydrogen) atoms. The molecule has 1 amide bonds. The van der Waals surface area contributed by atoms with E-state index in [0.29, 0.717) is 17.5 Å². The Morgan fingerprint density at radius 1 is 1.22 bits per heavy atom. The van der Waals surface area contributed by atoms with Gasteiger partial charge in [0.25, 0.3) is 0 Å². The van der Waals surface area contributed by atoms with Crippen molar-refractivity contribution in [2.24, 2.45) is 0 Å². The van der Waals surface area contributed by atoms with Crippen molar-refractivity contribution in [1.29, 1.82) is 0 Å². The van der Waals surface area contributed by atoms with E-state index in [1.807, 2.05) is 6.07 Å². The normalized spacial score (nSPS) is 13.3. The van der Waals surface area contributed by atoms with Gasteiger partial charge in [-0.1, -0.05) is 49.3 Å². The van der Waals surface area contributed by atoms with Crippen molar-refractivity contribution >= 4 is 23.1 Å². The first-order valence-corrected chi connectivity index (χ1v) is 10.0. The molecule has 2 aromatic heterocycles. The van der Waals surface area contributed by atoms with Gasteiger partial charge < -0.3 is 9.84 Å². The average molecular weight is 384 g/mol. The number of hydrogen-bond donors (Lipinski definition) is 2. The maximum Gasteiger partial charge on any atom is 0.239 e. The molecule has 2 atom stereocenters. The standard InChI is InChI=1S/C21H25N3O2S/c1-4-14(2)16-7-9-17(10-8-16)21(18-6-5-11-27-18)22-13-20(25)23-19-12-15(3)26-24-19/h5-12,14,21-22H,4,13H2,1-3H3,(H,23,24,25)/t14-,21+/m1/s1. The van der Waals surface area contributed by atoms with Crippen molar-refractivity contribution in [2.45, 2.75) is 39.2 Å². The van der Waals surface area contributed by atoms with Crippen LogP contribution in [0, 0.1) is 6.92 Å². The topological polar surface area (TPSA) is 67.2 Å². The molecule has 6 heteroatoms. The Bertz CT molecular complexity index is 856. The van der Waals surface area contributed by atoms with E-state index in [-0.39, 0.29) is 18.5 Å². The van der Waals surface area contributed by atoms with Crippen molar-refractivity contribution in [3.8, 4) is 0 Å². The molecule has 0 saturated heterocycles. The SMILES string of the molecule is CC[C@@H](C)c1ccc([C@H](NCC(=O)Nc2cc(C)on2)c2cccs2)cc1. The van der Waals surface area contributed by atoms with Crippen LogP contribution in [0.1, 0.15) is 54.0 Å². The van der Waals surface area contributed by atoms with Gasteiger partial charge in [-0.15, -0.1) is 11.3 Å². The van der Waals surface area contributed by atoms with Crippen molar-refractivity contribution < 1.29 is 9.32 Å². The highest BCUT2D eigenvalue weighted by Crippen LogP contribution is 2.28. The van der Waals surface area contributed by atoms with Crippen LogP contribution in [-0.2, 0) is 4.79 Å². The lowest BCUT2D eigenvalue weighted by molar-refractivity contribution is -0.115. The summed E-state index contributed by atoms with van der Waals surface area (Å²) in [7, 11) is 0. The molecule has 1 aromatic carbocycles. The minimum Gasteiger partial charge on any atom is -0.360 e. The Hall–Kier alpha value is -2.44. The van der Waals surface area contributed by atoms with E-state index >= 15 is 0 Å². The van der Waals surface area contributed by atoms with Crippen LogP contribution < -0.4 is 10.6 Å². The number of carbonyl (C=O) groups is 1. The first kappa shape index (κ1) is 19.3. The molecule has 2 N–H and O–H groups in total. The second-order valence-electron chi connectivity index (χ2n) is 6.68. The molecule has 3 rings (SSSR count). The van der Waals surface area contributed by atoms with Gasteiger partial charge in [0.15, 0.2) is 5.82 Å². The lowest BCUT2D eigenvalue weighted by Crippen LogP contribution is -2.31. The minimum atomic E-state index is -0.152. The zero-order valence-corrected chi connectivity index (χ0v) is 16.7. The second kappa shape index (κ2) is 8.97. The van der Waals surface area contributed by atoms with E-state index in [2.05, 4.69) is 65.3 Å². The first-order chi connectivity index (χ1) is 13.1. The van der Waals surface area contributed by atoms with E-state index in [0.717, 1.165) is 12.0 Å². The molecule has 0 aliphatic carbocycles. The molecule has 0 unspecified atom stereocenters. The van der Waals surface area contributed by atoms with Crippen molar-refractivity contribution in [3.05, 3.63) is 69.6 Å². The van der Waals surface area contributed by atoms with Gasteiger partial charge in [-0.25, -0.2) is 0 Å². The maximum atomic E-state index is 12.3. The predicted octanol–water partition coefficient (Wildman–Crippen LogP) is 4.88. The fourth-order valence-electron chi connectivity index (χ4n) is 2.90. The predicted molar refractivity (Wildman–Crippen MR) is 109 cm³/mol. The molecule has 0 aliphatic rings. The van der Waals surface area contributed by atoms with Crippen LogP contribution in [0.4, 0.5) is 5.82 Å². The molecule has 5 nitrogen and oxygen atoms in total. The van der Waals surface area contributed by atoms with E-state index < -0.39 is 0 Å². The van der Waals surface area contributed by atoms with Crippen molar-refractivity contribution in [2.75, 3.05) is 11.9 Å². The molecule has 0 fully saturated rings. The van der Waals surface area contributed by atoms with Gasteiger partial charge in [0, 0.05) is 10.9 Å². The Morgan fingerprint density at radius 2 is 1.96 bits per heavy atom. The third-order valence-corrected chi connectivity index (χ3v) is 5.58. The number of amides is 1. The van der Waals surface area contributed by atoms with Gasteiger partial charge in [0.05, 0.1) is 12.6 Å². The number of benzene rings is 1. The third kappa shape index (κ3) is 5.05. The molecule has 0 spiro atoms. The zero-order valence-electron chi connectivity index (χ0n) is 15.9. The van der Waals surface area contributed by atoms with Gasteiger partial charge >= 0.3 is 0 Å². The number of thiophene rings is 1. The van der Waals surface area contributed by atoms with Gasteiger partial charge in [-0.05, 0) is 41.8 Å². The first-order valence-electron chi connectivity index (χ1n) is 9.16. The van der Waals surface area contributed by atoms with Gasteiger partial charge in [0.2, 0.25) is 5.91 Å². The monoisotopic (exact) mass is 383 g/mol. The molecule has 0 saturated carbocycles. The van der Waals surface area contributed by atoms with Crippen LogP contribution in [0.3, 0.4) is 0 Å². The molecular weight excluding hydrogens is 358 g/mol. The van der Waals surface area contributed by atoms with Crippen LogP contribution in [0.15, 0.2) is 52.4 Å². The number of carbonyl (C=O) groups excluding carboxylic acids is 1. The van der Waals surface area contributed by atoms with Crippen molar-refractivity contribution in [3.63, 3.8) is 0 Å².